The summed E-state index contributed by atoms with van der Waals surface area (Å²) < 4.78 is 31.7. The molecule has 0 aromatic heterocycles. The topological polar surface area (TPSA) is 24.5 Å². The van der Waals surface area contributed by atoms with Crippen molar-refractivity contribution < 1.29 is 13.5 Å². The summed E-state index contributed by atoms with van der Waals surface area (Å²) in [4.78, 5) is 2.20. The average molecular weight is 256 g/mol. The van der Waals surface area contributed by atoms with Crippen molar-refractivity contribution in [2.75, 3.05) is 33.3 Å². The Morgan fingerprint density at radius 3 is 3.00 bits per heavy atom. The predicted molar refractivity (Wildman–Crippen MR) is 65.3 cm³/mol. The molecule has 1 heterocycles. The van der Waals surface area contributed by atoms with Crippen molar-refractivity contribution in [1.82, 2.24) is 10.2 Å². The first kappa shape index (κ1) is 13.4. The third-order valence-corrected chi connectivity index (χ3v) is 3.04. The molecule has 100 valence electrons. The van der Waals surface area contributed by atoms with Gasteiger partial charge in [-0.2, -0.15) is 0 Å². The lowest BCUT2D eigenvalue weighted by molar-refractivity contribution is -0.0182. The number of hydrogen-bond acceptors (Lipinski definition) is 3. The summed E-state index contributed by atoms with van der Waals surface area (Å²) in [7, 11) is 2.05. The van der Waals surface area contributed by atoms with E-state index in [9.17, 15) is 8.78 Å². The van der Waals surface area contributed by atoms with E-state index in [1.807, 2.05) is 0 Å². The van der Waals surface area contributed by atoms with Gasteiger partial charge in [-0.1, -0.05) is 6.07 Å². The molecule has 0 unspecified atom stereocenters. The van der Waals surface area contributed by atoms with E-state index in [4.69, 9.17) is 4.74 Å². The second kappa shape index (κ2) is 6.22. The zero-order valence-electron chi connectivity index (χ0n) is 10.5. The Balaban J connectivity index is 1.77. The van der Waals surface area contributed by atoms with Crippen molar-refractivity contribution in [2.24, 2.45) is 0 Å². The van der Waals surface area contributed by atoms with Crippen LogP contribution in [0, 0.1) is 11.6 Å². The zero-order valence-corrected chi connectivity index (χ0v) is 10.5. The van der Waals surface area contributed by atoms with Gasteiger partial charge < -0.3 is 15.0 Å². The minimum Gasteiger partial charge on any atom is -0.374 e. The van der Waals surface area contributed by atoms with Crippen molar-refractivity contribution in [3.05, 3.63) is 35.4 Å². The zero-order chi connectivity index (χ0) is 13.0. The summed E-state index contributed by atoms with van der Waals surface area (Å²) in [5.74, 6) is -1.06. The quantitative estimate of drug-likeness (QED) is 0.881. The standard InChI is InChI=1S/C13H18F2N2O/c1-17-4-5-18-12(9-17)8-16-7-10-2-3-11(14)6-13(10)15/h2-3,6,12,16H,4-5,7-9H2,1H3/t12-/m0/s1. The number of ether oxygens (including phenoxy) is 1. The van der Waals surface area contributed by atoms with Crippen LogP contribution in [-0.2, 0) is 11.3 Å². The van der Waals surface area contributed by atoms with Crippen molar-refractivity contribution >= 4 is 0 Å². The smallest absolute Gasteiger partial charge is 0.130 e. The van der Waals surface area contributed by atoms with Crippen LogP contribution in [0.1, 0.15) is 5.56 Å². The van der Waals surface area contributed by atoms with Gasteiger partial charge in [0.05, 0.1) is 12.7 Å². The van der Waals surface area contributed by atoms with Gasteiger partial charge in [-0.25, -0.2) is 8.78 Å². The first-order valence-electron chi connectivity index (χ1n) is 6.10. The van der Waals surface area contributed by atoms with E-state index in [2.05, 4.69) is 17.3 Å². The van der Waals surface area contributed by atoms with Crippen LogP contribution in [0.5, 0.6) is 0 Å². The minimum atomic E-state index is -0.548. The molecule has 0 radical (unpaired) electrons. The van der Waals surface area contributed by atoms with Crippen molar-refractivity contribution in [2.45, 2.75) is 12.6 Å². The Labute approximate surface area is 106 Å². The number of morpholine rings is 1. The van der Waals surface area contributed by atoms with Crippen LogP contribution >= 0.6 is 0 Å². The molecule has 0 spiro atoms. The molecule has 1 aliphatic heterocycles. The van der Waals surface area contributed by atoms with Crippen LogP contribution < -0.4 is 5.32 Å². The molecular weight excluding hydrogens is 238 g/mol. The molecule has 0 amide bonds. The molecule has 5 heteroatoms. The van der Waals surface area contributed by atoms with Gasteiger partial charge in [0, 0.05) is 37.8 Å². The van der Waals surface area contributed by atoms with Crippen LogP contribution in [0.4, 0.5) is 8.78 Å². The van der Waals surface area contributed by atoms with Crippen molar-refractivity contribution in [3.8, 4) is 0 Å². The van der Waals surface area contributed by atoms with Gasteiger partial charge in [0.2, 0.25) is 0 Å². The molecule has 1 fully saturated rings. The first-order chi connectivity index (χ1) is 8.65. The number of halogens is 2. The van der Waals surface area contributed by atoms with Crippen molar-refractivity contribution in [3.63, 3.8) is 0 Å². The summed E-state index contributed by atoms with van der Waals surface area (Å²) in [5.41, 5.74) is 0.473. The molecule has 0 bridgehead atoms. The van der Waals surface area contributed by atoms with Gasteiger partial charge in [-0.3, -0.25) is 0 Å². The van der Waals surface area contributed by atoms with E-state index >= 15 is 0 Å². The Bertz CT molecular complexity index is 401. The molecular formula is C13H18F2N2O. The lowest BCUT2D eigenvalue weighted by Crippen LogP contribution is -2.44. The molecule has 0 aliphatic carbocycles. The summed E-state index contributed by atoms with van der Waals surface area (Å²) >= 11 is 0. The maximum atomic E-state index is 13.4. The SMILES string of the molecule is CN1CCO[C@@H](CNCc2ccc(F)cc2F)C1. The molecule has 1 N–H and O–H groups in total. The molecule has 1 atom stereocenters. The van der Waals surface area contributed by atoms with E-state index in [0.29, 0.717) is 18.7 Å². The van der Waals surface area contributed by atoms with E-state index in [1.165, 1.54) is 12.1 Å². The van der Waals surface area contributed by atoms with Crippen LogP contribution in [0.2, 0.25) is 0 Å². The van der Waals surface area contributed by atoms with E-state index in [1.54, 1.807) is 0 Å². The van der Waals surface area contributed by atoms with Crippen LogP contribution in [-0.4, -0.2) is 44.3 Å². The predicted octanol–water partition coefficient (Wildman–Crippen LogP) is 1.38. The highest BCUT2D eigenvalue weighted by molar-refractivity contribution is 5.18. The fourth-order valence-corrected chi connectivity index (χ4v) is 2.02. The van der Waals surface area contributed by atoms with Crippen LogP contribution in [0.25, 0.3) is 0 Å². The number of hydrogen-bond donors (Lipinski definition) is 1. The second-order valence-electron chi connectivity index (χ2n) is 4.62. The van der Waals surface area contributed by atoms with Gasteiger partial charge in [-0.05, 0) is 13.1 Å². The molecule has 1 aliphatic rings. The molecule has 18 heavy (non-hydrogen) atoms. The van der Waals surface area contributed by atoms with Crippen LogP contribution in [0.3, 0.4) is 0 Å². The highest BCUT2D eigenvalue weighted by Gasteiger charge is 2.17. The van der Waals surface area contributed by atoms with E-state index in [-0.39, 0.29) is 6.10 Å². The van der Waals surface area contributed by atoms with Gasteiger partial charge in [0.15, 0.2) is 0 Å². The maximum absolute atomic E-state index is 13.4. The fourth-order valence-electron chi connectivity index (χ4n) is 2.02. The van der Waals surface area contributed by atoms with Gasteiger partial charge in [-0.15, -0.1) is 0 Å². The summed E-state index contributed by atoms with van der Waals surface area (Å²) in [6.45, 7) is 3.60. The fraction of sp³-hybridized carbons (Fsp3) is 0.538. The number of nitrogens with one attached hydrogen (secondary N) is 1. The third kappa shape index (κ3) is 3.73. The number of benzene rings is 1. The Morgan fingerprint density at radius 1 is 1.44 bits per heavy atom. The monoisotopic (exact) mass is 256 g/mol. The third-order valence-electron chi connectivity index (χ3n) is 3.04. The minimum absolute atomic E-state index is 0.132. The lowest BCUT2D eigenvalue weighted by Gasteiger charge is -2.30. The molecule has 1 aromatic carbocycles. The Hall–Kier alpha value is -1.04. The van der Waals surface area contributed by atoms with Crippen molar-refractivity contribution in [1.29, 1.82) is 0 Å². The highest BCUT2D eigenvalue weighted by Crippen LogP contribution is 2.09. The second-order valence-corrected chi connectivity index (χ2v) is 4.62. The number of rotatable bonds is 4. The van der Waals surface area contributed by atoms with Gasteiger partial charge >= 0.3 is 0 Å². The van der Waals surface area contributed by atoms with Crippen LogP contribution in [0.15, 0.2) is 18.2 Å². The molecule has 2 rings (SSSR count). The maximum Gasteiger partial charge on any atom is 0.130 e. The summed E-state index contributed by atoms with van der Waals surface area (Å²) in [6, 6.07) is 3.64. The number of nitrogens with zero attached hydrogens (tertiary/aromatic N) is 1. The molecule has 3 nitrogen and oxygen atoms in total. The Kier molecular flexibility index (Phi) is 4.63. The molecule has 0 saturated carbocycles. The largest absolute Gasteiger partial charge is 0.374 e. The highest BCUT2D eigenvalue weighted by atomic mass is 19.1. The van der Waals surface area contributed by atoms with Gasteiger partial charge in [0.1, 0.15) is 11.6 Å². The molecule has 1 aromatic rings. The lowest BCUT2D eigenvalue weighted by atomic mass is 10.2. The number of likely N-dealkylation sites (N-methyl/N-ethyl adjacent to an activating group) is 1. The average Bonchev–Trinajstić information content (AvgIpc) is 2.32. The molecule has 1 saturated heterocycles. The summed E-state index contributed by atoms with van der Waals surface area (Å²) in [5, 5.41) is 3.14. The Morgan fingerprint density at radius 2 is 2.28 bits per heavy atom. The van der Waals surface area contributed by atoms with E-state index < -0.39 is 11.6 Å². The van der Waals surface area contributed by atoms with E-state index in [0.717, 1.165) is 25.8 Å². The first-order valence-corrected chi connectivity index (χ1v) is 6.10. The normalized spacial score (nSPS) is 21.2. The van der Waals surface area contributed by atoms with Gasteiger partial charge in [0.25, 0.3) is 0 Å². The summed E-state index contributed by atoms with van der Waals surface area (Å²) in [6.07, 6.45) is 0.132.